The number of rotatable bonds is 4. The maximum Gasteiger partial charge on any atom is 0.335 e. The van der Waals surface area contributed by atoms with Gasteiger partial charge < -0.3 is 10.2 Å². The highest BCUT2D eigenvalue weighted by molar-refractivity contribution is 5.97. The molecule has 1 aromatic heterocycles. The van der Waals surface area contributed by atoms with Gasteiger partial charge >= 0.3 is 5.69 Å². The maximum absolute atomic E-state index is 12.1. The maximum atomic E-state index is 12.1. The number of aromatic amines is 1. The first-order chi connectivity index (χ1) is 13.4. The van der Waals surface area contributed by atoms with Crippen LogP contribution in [0.2, 0.25) is 0 Å². The van der Waals surface area contributed by atoms with E-state index < -0.39 is 23.0 Å². The zero-order valence-electron chi connectivity index (χ0n) is 14.7. The number of benzene rings is 2. The van der Waals surface area contributed by atoms with Crippen LogP contribution in [-0.2, 0) is 0 Å². The molecule has 28 heavy (non-hydrogen) atoms. The van der Waals surface area contributed by atoms with Crippen molar-refractivity contribution in [3.8, 4) is 17.3 Å². The number of phenolic OH excluding ortho intramolecular Hbond substituents is 1. The summed E-state index contributed by atoms with van der Waals surface area (Å²) in [6, 6.07) is 12.6. The summed E-state index contributed by atoms with van der Waals surface area (Å²) in [5, 5.41) is 23.7. The number of carbonyl (C=O) groups excluding carboxylic acids is 1. The first-order valence-corrected chi connectivity index (χ1v) is 8.15. The molecule has 2 aromatic carbocycles. The van der Waals surface area contributed by atoms with Crippen LogP contribution in [0.5, 0.6) is 11.6 Å². The van der Waals surface area contributed by atoms with Crippen molar-refractivity contribution in [1.29, 1.82) is 0 Å². The van der Waals surface area contributed by atoms with Gasteiger partial charge in [0.15, 0.2) is 0 Å². The van der Waals surface area contributed by atoms with Crippen molar-refractivity contribution in [3.05, 3.63) is 86.1 Å². The van der Waals surface area contributed by atoms with Gasteiger partial charge in [-0.3, -0.25) is 14.6 Å². The third kappa shape index (κ3) is 3.68. The number of hydrazone groups is 1. The molecule has 1 heterocycles. The number of hydrogen-bond donors (Lipinski definition) is 4. The SMILES string of the molecule is Cc1cccc(-n2c(O)c(C=NNC(=O)c3ccccc3O)c(=O)[nH]c2=O)c1. The van der Waals surface area contributed by atoms with Crippen molar-refractivity contribution in [1.82, 2.24) is 15.0 Å². The number of aromatic hydroxyl groups is 2. The summed E-state index contributed by atoms with van der Waals surface area (Å²) in [5.41, 5.74) is 1.33. The van der Waals surface area contributed by atoms with Crippen LogP contribution >= 0.6 is 0 Å². The molecular formula is C19H16N4O5. The Balaban J connectivity index is 1.94. The minimum Gasteiger partial charge on any atom is -0.507 e. The second kappa shape index (κ2) is 7.62. The van der Waals surface area contributed by atoms with Gasteiger partial charge in [0.05, 0.1) is 17.5 Å². The Morgan fingerprint density at radius 2 is 1.89 bits per heavy atom. The van der Waals surface area contributed by atoms with Crippen LogP contribution in [0, 0.1) is 6.92 Å². The van der Waals surface area contributed by atoms with E-state index in [4.69, 9.17) is 0 Å². The van der Waals surface area contributed by atoms with E-state index in [1.165, 1.54) is 12.1 Å². The minimum atomic E-state index is -0.869. The number of phenols is 1. The van der Waals surface area contributed by atoms with Crippen LogP contribution < -0.4 is 16.7 Å². The largest absolute Gasteiger partial charge is 0.507 e. The highest BCUT2D eigenvalue weighted by Gasteiger charge is 2.15. The summed E-state index contributed by atoms with van der Waals surface area (Å²) in [7, 11) is 0. The molecule has 0 aliphatic carbocycles. The minimum absolute atomic E-state index is 0.0116. The summed E-state index contributed by atoms with van der Waals surface area (Å²) in [6.07, 6.45) is 0.914. The fourth-order valence-electron chi connectivity index (χ4n) is 2.54. The normalized spacial score (nSPS) is 10.9. The van der Waals surface area contributed by atoms with Crippen molar-refractivity contribution < 1.29 is 15.0 Å². The fraction of sp³-hybridized carbons (Fsp3) is 0.0526. The second-order valence-electron chi connectivity index (χ2n) is 5.89. The lowest BCUT2D eigenvalue weighted by atomic mass is 10.2. The lowest BCUT2D eigenvalue weighted by Crippen LogP contribution is -2.31. The standard InChI is InChI=1S/C19H16N4O5/c1-11-5-4-6-12(9-11)23-18(27)14(16(25)21-19(23)28)10-20-22-17(26)13-7-2-3-8-15(13)24/h2-10,24,27H,1H3,(H,22,26)(H,21,25,28). The lowest BCUT2D eigenvalue weighted by molar-refractivity contribution is 0.0952. The summed E-state index contributed by atoms with van der Waals surface area (Å²) in [5.74, 6) is -1.57. The zero-order chi connectivity index (χ0) is 20.3. The van der Waals surface area contributed by atoms with Crippen molar-refractivity contribution in [2.24, 2.45) is 5.10 Å². The van der Waals surface area contributed by atoms with E-state index in [0.717, 1.165) is 16.3 Å². The van der Waals surface area contributed by atoms with Crippen molar-refractivity contribution >= 4 is 12.1 Å². The predicted molar refractivity (Wildman–Crippen MR) is 102 cm³/mol. The molecule has 0 bridgehead atoms. The van der Waals surface area contributed by atoms with E-state index in [0.29, 0.717) is 5.69 Å². The van der Waals surface area contributed by atoms with Gasteiger partial charge in [0, 0.05) is 0 Å². The van der Waals surface area contributed by atoms with Crippen LogP contribution in [0.25, 0.3) is 5.69 Å². The molecule has 0 radical (unpaired) electrons. The van der Waals surface area contributed by atoms with Crippen LogP contribution in [0.15, 0.2) is 63.2 Å². The molecule has 0 aliphatic heterocycles. The number of H-pyrrole nitrogens is 1. The molecule has 0 aliphatic rings. The topological polar surface area (TPSA) is 137 Å². The monoisotopic (exact) mass is 380 g/mol. The third-order valence-electron chi connectivity index (χ3n) is 3.89. The van der Waals surface area contributed by atoms with Gasteiger partial charge in [-0.1, -0.05) is 24.3 Å². The van der Waals surface area contributed by atoms with E-state index in [1.807, 2.05) is 13.0 Å². The Labute approximate surface area is 158 Å². The van der Waals surface area contributed by atoms with Gasteiger partial charge in [-0.15, -0.1) is 0 Å². The Morgan fingerprint density at radius 1 is 1.14 bits per heavy atom. The molecular weight excluding hydrogens is 364 g/mol. The molecule has 0 fully saturated rings. The third-order valence-corrected chi connectivity index (χ3v) is 3.89. The zero-order valence-corrected chi connectivity index (χ0v) is 14.7. The summed E-state index contributed by atoms with van der Waals surface area (Å²) in [6.45, 7) is 1.81. The number of nitrogens with zero attached hydrogens (tertiary/aromatic N) is 2. The number of para-hydroxylation sites is 1. The number of nitrogens with one attached hydrogen (secondary N) is 2. The summed E-state index contributed by atoms with van der Waals surface area (Å²) < 4.78 is 0.917. The van der Waals surface area contributed by atoms with Crippen molar-refractivity contribution in [2.45, 2.75) is 6.92 Å². The molecule has 0 spiro atoms. The number of carbonyl (C=O) groups is 1. The molecule has 0 saturated heterocycles. The molecule has 3 rings (SSSR count). The summed E-state index contributed by atoms with van der Waals surface area (Å²) >= 11 is 0. The Bertz CT molecular complexity index is 1190. The van der Waals surface area contributed by atoms with Crippen LogP contribution in [0.3, 0.4) is 0 Å². The van der Waals surface area contributed by atoms with Gasteiger partial charge in [-0.25, -0.2) is 14.8 Å². The quantitative estimate of drug-likeness (QED) is 0.395. The highest BCUT2D eigenvalue weighted by atomic mass is 16.3. The van der Waals surface area contributed by atoms with E-state index in [2.05, 4.69) is 15.5 Å². The Morgan fingerprint density at radius 3 is 2.61 bits per heavy atom. The van der Waals surface area contributed by atoms with Crippen LogP contribution in [0.4, 0.5) is 0 Å². The average Bonchev–Trinajstić information content (AvgIpc) is 2.64. The molecule has 0 unspecified atom stereocenters. The van der Waals surface area contributed by atoms with Gasteiger partial charge in [-0.05, 0) is 36.8 Å². The molecule has 4 N–H and O–H groups in total. The second-order valence-corrected chi connectivity index (χ2v) is 5.89. The average molecular weight is 380 g/mol. The molecule has 9 heteroatoms. The van der Waals surface area contributed by atoms with E-state index in [1.54, 1.807) is 30.3 Å². The van der Waals surface area contributed by atoms with Gasteiger partial charge in [-0.2, -0.15) is 5.10 Å². The fourth-order valence-corrected chi connectivity index (χ4v) is 2.54. The number of hydrogen-bond acceptors (Lipinski definition) is 6. The lowest BCUT2D eigenvalue weighted by Gasteiger charge is -2.10. The number of amides is 1. The van der Waals surface area contributed by atoms with Crippen LogP contribution in [-0.4, -0.2) is 31.9 Å². The first-order valence-electron chi connectivity index (χ1n) is 8.15. The molecule has 9 nitrogen and oxygen atoms in total. The van der Waals surface area contributed by atoms with Gasteiger partial charge in [0.2, 0.25) is 5.88 Å². The molecule has 1 amide bonds. The highest BCUT2D eigenvalue weighted by Crippen LogP contribution is 2.17. The first kappa shape index (κ1) is 18.6. The molecule has 0 saturated carbocycles. The van der Waals surface area contributed by atoms with E-state index in [9.17, 15) is 24.6 Å². The molecule has 0 atom stereocenters. The van der Waals surface area contributed by atoms with Gasteiger partial charge in [0.1, 0.15) is 11.3 Å². The van der Waals surface area contributed by atoms with Crippen LogP contribution in [0.1, 0.15) is 21.5 Å². The predicted octanol–water partition coefficient (Wildman–Crippen LogP) is 1.01. The molecule has 3 aromatic rings. The Hall–Kier alpha value is -4.14. The van der Waals surface area contributed by atoms with Crippen molar-refractivity contribution in [2.75, 3.05) is 0 Å². The molecule has 142 valence electrons. The smallest absolute Gasteiger partial charge is 0.335 e. The van der Waals surface area contributed by atoms with Crippen molar-refractivity contribution in [3.63, 3.8) is 0 Å². The number of aryl methyl sites for hydroxylation is 1. The summed E-state index contributed by atoms with van der Waals surface area (Å²) in [4.78, 5) is 38.3. The Kier molecular flexibility index (Phi) is 5.07. The van der Waals surface area contributed by atoms with E-state index >= 15 is 0 Å². The number of aromatic nitrogens is 2. The van der Waals surface area contributed by atoms with Gasteiger partial charge in [0.25, 0.3) is 11.5 Å². The van der Waals surface area contributed by atoms with E-state index in [-0.39, 0.29) is 16.9 Å².